The van der Waals surface area contributed by atoms with Gasteiger partial charge in [0.2, 0.25) is 0 Å². The standard InChI is InChI=1S/C35H41O4PSi/c1-37-35(38-2)41-27-17-6-4-3-5-16-26-39-33-25-24-29(36)28-34(33)40(30-18-10-7-11-19-30,31-20-12-8-13-21-31)32-22-14-9-15-23-32/h7-15,18-25,28,35H,3-6,16-17,26-27H2,1-2H3/p+1. The fourth-order valence-electron chi connectivity index (χ4n) is 5.31. The van der Waals surface area contributed by atoms with Gasteiger partial charge >= 0.3 is 0 Å². The molecule has 0 aliphatic heterocycles. The Hall–Kier alpha value is -2.95. The summed E-state index contributed by atoms with van der Waals surface area (Å²) in [4.78, 5) is 0. The number of ether oxygens (including phenoxy) is 3. The lowest BCUT2D eigenvalue weighted by Crippen LogP contribution is -2.39. The van der Waals surface area contributed by atoms with Crippen LogP contribution in [0.2, 0.25) is 6.04 Å². The molecule has 4 rings (SSSR count). The highest BCUT2D eigenvalue weighted by atomic mass is 31.2. The van der Waals surface area contributed by atoms with E-state index in [0.29, 0.717) is 16.1 Å². The van der Waals surface area contributed by atoms with E-state index in [9.17, 15) is 5.11 Å². The van der Waals surface area contributed by atoms with E-state index >= 15 is 0 Å². The highest BCUT2D eigenvalue weighted by molar-refractivity contribution is 8.01. The fourth-order valence-corrected chi connectivity index (χ4v) is 10.7. The second kappa shape index (κ2) is 16.5. The van der Waals surface area contributed by atoms with Gasteiger partial charge in [-0.25, -0.2) is 0 Å². The topological polar surface area (TPSA) is 47.9 Å². The number of hydrogen-bond donors (Lipinski definition) is 1. The molecule has 0 aliphatic rings. The maximum Gasteiger partial charge on any atom is 0.162 e. The number of phenols is 1. The van der Waals surface area contributed by atoms with Gasteiger partial charge in [0.1, 0.15) is 44.4 Å². The minimum Gasteiger partial charge on any atom is -0.508 e. The van der Waals surface area contributed by atoms with Crippen molar-refractivity contribution in [2.45, 2.75) is 50.5 Å². The van der Waals surface area contributed by atoms with Crippen LogP contribution in [0.5, 0.6) is 11.5 Å². The number of benzene rings is 4. The molecule has 0 aliphatic carbocycles. The van der Waals surface area contributed by atoms with Crippen molar-refractivity contribution in [1.29, 1.82) is 0 Å². The Labute approximate surface area is 248 Å². The van der Waals surface area contributed by atoms with Crippen molar-refractivity contribution in [1.82, 2.24) is 0 Å². The zero-order valence-electron chi connectivity index (χ0n) is 24.2. The van der Waals surface area contributed by atoms with Gasteiger partial charge in [-0.1, -0.05) is 92.7 Å². The van der Waals surface area contributed by atoms with Crippen molar-refractivity contribution in [2.75, 3.05) is 20.8 Å². The number of phenolic OH excluding ortho intramolecular Hbond substituents is 1. The predicted molar refractivity (Wildman–Crippen MR) is 174 cm³/mol. The molecule has 1 N–H and O–H groups in total. The summed E-state index contributed by atoms with van der Waals surface area (Å²) >= 11 is 0. The smallest absolute Gasteiger partial charge is 0.162 e. The molecule has 0 atom stereocenters. The molecular weight excluding hydrogens is 543 g/mol. The number of unbranched alkanes of at least 4 members (excludes halogenated alkanes) is 5. The molecule has 0 saturated carbocycles. The lowest BCUT2D eigenvalue weighted by molar-refractivity contribution is -0.0441. The molecule has 0 heterocycles. The molecule has 0 bridgehead atoms. The molecule has 0 spiro atoms. The van der Waals surface area contributed by atoms with Crippen LogP contribution >= 0.6 is 7.26 Å². The Bertz CT molecular complexity index is 1190. The molecule has 6 heteroatoms. The van der Waals surface area contributed by atoms with E-state index in [-0.39, 0.29) is 11.7 Å². The summed E-state index contributed by atoms with van der Waals surface area (Å²) in [7, 11) is 1.75. The van der Waals surface area contributed by atoms with E-state index in [1.807, 2.05) is 12.1 Å². The first-order valence-electron chi connectivity index (χ1n) is 14.5. The van der Waals surface area contributed by atoms with Crippen molar-refractivity contribution < 1.29 is 19.3 Å². The first-order chi connectivity index (χ1) is 20.2. The number of methoxy groups -OCH3 is 2. The van der Waals surface area contributed by atoms with Gasteiger partial charge in [0.05, 0.1) is 6.61 Å². The Kier molecular flexibility index (Phi) is 12.5. The quantitative estimate of drug-likeness (QED) is 0.0672. The third-order valence-corrected chi connectivity index (χ3v) is 13.0. The van der Waals surface area contributed by atoms with Crippen LogP contribution in [0.1, 0.15) is 38.5 Å². The van der Waals surface area contributed by atoms with E-state index in [2.05, 4.69) is 91.0 Å². The summed E-state index contributed by atoms with van der Waals surface area (Å²) in [5.74, 6) is 1.05. The largest absolute Gasteiger partial charge is 0.508 e. The van der Waals surface area contributed by atoms with Crippen LogP contribution in [0.25, 0.3) is 0 Å². The van der Waals surface area contributed by atoms with Crippen LogP contribution in [0, 0.1) is 0 Å². The lowest BCUT2D eigenvalue weighted by Gasteiger charge is -2.29. The zero-order valence-corrected chi connectivity index (χ0v) is 26.1. The van der Waals surface area contributed by atoms with E-state index in [1.54, 1.807) is 20.3 Å². The Balaban J connectivity index is 1.51. The maximum absolute atomic E-state index is 10.8. The summed E-state index contributed by atoms with van der Waals surface area (Å²) in [5, 5.41) is 15.5. The zero-order chi connectivity index (χ0) is 28.8. The molecular formula is C35H42O4PSi+. The first kappa shape index (κ1) is 31.0. The molecule has 2 radical (unpaired) electrons. The van der Waals surface area contributed by atoms with Crippen LogP contribution in [-0.4, -0.2) is 41.4 Å². The molecule has 4 nitrogen and oxygen atoms in total. The van der Waals surface area contributed by atoms with Gasteiger partial charge < -0.3 is 19.3 Å². The molecule has 4 aromatic carbocycles. The van der Waals surface area contributed by atoms with E-state index < -0.39 is 7.26 Å². The van der Waals surface area contributed by atoms with Crippen molar-refractivity contribution in [3.05, 3.63) is 109 Å². The van der Waals surface area contributed by atoms with E-state index in [1.165, 1.54) is 41.6 Å². The average Bonchev–Trinajstić information content (AvgIpc) is 3.03. The molecule has 4 aromatic rings. The van der Waals surface area contributed by atoms with Gasteiger partial charge in [-0.2, -0.15) is 0 Å². The predicted octanol–water partition coefficient (Wildman–Crippen LogP) is 6.43. The summed E-state index contributed by atoms with van der Waals surface area (Å²) in [5.41, 5.74) is 0. The Morgan fingerprint density at radius 2 is 1.12 bits per heavy atom. The number of rotatable bonds is 17. The van der Waals surface area contributed by atoms with Gasteiger partial charge in [0.25, 0.3) is 0 Å². The Morgan fingerprint density at radius 3 is 1.63 bits per heavy atom. The highest BCUT2D eigenvalue weighted by Crippen LogP contribution is 2.56. The summed E-state index contributed by atoms with van der Waals surface area (Å²) in [6, 6.07) is 38.9. The lowest BCUT2D eigenvalue weighted by atomic mass is 10.1. The van der Waals surface area contributed by atoms with Gasteiger partial charge in [0.15, 0.2) is 11.1 Å². The van der Waals surface area contributed by atoms with Gasteiger partial charge in [0, 0.05) is 20.3 Å². The van der Waals surface area contributed by atoms with Crippen molar-refractivity contribution in [2.24, 2.45) is 0 Å². The SMILES string of the molecule is COC(OC)[Si]CCCCCCCCOc1ccc(O)cc1[P+](c1ccccc1)(c1ccccc1)c1ccccc1. The van der Waals surface area contributed by atoms with Crippen LogP contribution in [0.15, 0.2) is 109 Å². The average molecular weight is 586 g/mol. The van der Waals surface area contributed by atoms with E-state index in [4.69, 9.17) is 14.2 Å². The minimum atomic E-state index is -2.36. The Morgan fingerprint density at radius 1 is 0.634 bits per heavy atom. The summed E-state index contributed by atoms with van der Waals surface area (Å²) in [6.45, 7) is 0.654. The van der Waals surface area contributed by atoms with Gasteiger partial charge in [-0.05, 0) is 55.0 Å². The first-order valence-corrected chi connectivity index (χ1v) is 17.6. The summed E-state index contributed by atoms with van der Waals surface area (Å²) in [6.07, 6.45) is 7.06. The highest BCUT2D eigenvalue weighted by Gasteiger charge is 2.50. The fraction of sp³-hybridized carbons (Fsp3) is 0.314. The molecule has 0 aromatic heterocycles. The monoisotopic (exact) mass is 585 g/mol. The third kappa shape index (κ3) is 8.08. The van der Waals surface area contributed by atoms with E-state index in [0.717, 1.165) is 29.9 Å². The van der Waals surface area contributed by atoms with Crippen molar-refractivity contribution in [3.8, 4) is 11.5 Å². The van der Waals surface area contributed by atoms with Crippen LogP contribution in [0.3, 0.4) is 0 Å². The molecule has 0 fully saturated rings. The molecule has 214 valence electrons. The van der Waals surface area contributed by atoms with Crippen LogP contribution in [-0.2, 0) is 9.47 Å². The second-order valence-corrected chi connectivity index (χ2v) is 14.8. The number of aromatic hydroxyl groups is 1. The van der Waals surface area contributed by atoms with Crippen LogP contribution in [0.4, 0.5) is 0 Å². The minimum absolute atomic E-state index is 0.0520. The van der Waals surface area contributed by atoms with Crippen molar-refractivity contribution in [3.63, 3.8) is 0 Å². The summed E-state index contributed by atoms with van der Waals surface area (Å²) < 4.78 is 17.1. The molecule has 0 unspecified atom stereocenters. The maximum atomic E-state index is 10.8. The van der Waals surface area contributed by atoms with Gasteiger partial charge in [-0.15, -0.1) is 0 Å². The number of hydrogen-bond acceptors (Lipinski definition) is 4. The third-order valence-electron chi connectivity index (χ3n) is 7.30. The normalized spacial score (nSPS) is 11.6. The van der Waals surface area contributed by atoms with Crippen LogP contribution < -0.4 is 26.0 Å². The molecule has 0 amide bonds. The van der Waals surface area contributed by atoms with Gasteiger partial charge in [-0.3, -0.25) is 0 Å². The molecule has 41 heavy (non-hydrogen) atoms. The second-order valence-electron chi connectivity index (χ2n) is 10.1. The van der Waals surface area contributed by atoms with Crippen molar-refractivity contribution >= 4 is 38.0 Å². The molecule has 0 saturated heterocycles.